The Hall–Kier alpha value is -2.04. The SMILES string of the molecule is Cc1cc(NC(=O)N2CCCC(C)C2)cc(C(=O)O)c1C. The number of carboxylic acid groups (broad SMARTS) is 1. The molecule has 2 N–H and O–H groups in total. The maximum atomic E-state index is 12.3. The van der Waals surface area contributed by atoms with Gasteiger partial charge in [0.25, 0.3) is 0 Å². The van der Waals surface area contributed by atoms with E-state index in [0.29, 0.717) is 11.6 Å². The van der Waals surface area contributed by atoms with Gasteiger partial charge in [-0.3, -0.25) is 0 Å². The molecule has 1 atom stereocenters. The molecule has 1 aromatic carbocycles. The van der Waals surface area contributed by atoms with Gasteiger partial charge in [-0.2, -0.15) is 0 Å². The Morgan fingerprint density at radius 3 is 2.67 bits per heavy atom. The number of carbonyl (C=O) groups is 2. The minimum absolute atomic E-state index is 0.152. The minimum Gasteiger partial charge on any atom is -0.478 e. The number of nitrogens with zero attached hydrogens (tertiary/aromatic N) is 1. The lowest BCUT2D eigenvalue weighted by molar-refractivity contribution is 0.0696. The first-order chi connectivity index (χ1) is 9.88. The van der Waals surface area contributed by atoms with E-state index in [9.17, 15) is 14.7 Å². The standard InChI is InChI=1S/C16H22N2O3/c1-10-5-4-6-18(9-10)16(21)17-13-7-11(2)12(3)14(8-13)15(19)20/h7-8,10H,4-6,9H2,1-3H3,(H,17,21)(H,19,20). The van der Waals surface area contributed by atoms with Crippen LogP contribution >= 0.6 is 0 Å². The summed E-state index contributed by atoms with van der Waals surface area (Å²) in [5.74, 6) is -0.461. The predicted molar refractivity (Wildman–Crippen MR) is 81.9 cm³/mol. The summed E-state index contributed by atoms with van der Waals surface area (Å²) in [6.07, 6.45) is 2.17. The molecular weight excluding hydrogens is 268 g/mol. The van der Waals surface area contributed by atoms with Gasteiger partial charge in [-0.05, 0) is 55.9 Å². The van der Waals surface area contributed by atoms with E-state index in [1.807, 2.05) is 13.0 Å². The molecule has 1 aliphatic rings. The molecule has 0 bridgehead atoms. The van der Waals surface area contributed by atoms with Gasteiger partial charge in [-0.25, -0.2) is 9.59 Å². The zero-order valence-corrected chi connectivity index (χ0v) is 12.8. The number of aryl methyl sites for hydroxylation is 1. The average molecular weight is 290 g/mol. The van der Waals surface area contributed by atoms with Crippen molar-refractivity contribution in [3.8, 4) is 0 Å². The van der Waals surface area contributed by atoms with Gasteiger partial charge in [0.2, 0.25) is 0 Å². The molecule has 21 heavy (non-hydrogen) atoms. The molecule has 0 aromatic heterocycles. The summed E-state index contributed by atoms with van der Waals surface area (Å²) >= 11 is 0. The Morgan fingerprint density at radius 2 is 2.05 bits per heavy atom. The number of amides is 2. The first kappa shape index (κ1) is 15.4. The smallest absolute Gasteiger partial charge is 0.336 e. The van der Waals surface area contributed by atoms with E-state index in [4.69, 9.17) is 0 Å². The number of piperidine rings is 1. The second kappa shape index (κ2) is 6.16. The van der Waals surface area contributed by atoms with Gasteiger partial charge in [0.1, 0.15) is 0 Å². The van der Waals surface area contributed by atoms with Crippen molar-refractivity contribution >= 4 is 17.7 Å². The summed E-state index contributed by atoms with van der Waals surface area (Å²) in [4.78, 5) is 25.3. The van der Waals surface area contributed by atoms with E-state index in [1.165, 1.54) is 6.07 Å². The summed E-state index contributed by atoms with van der Waals surface area (Å²) < 4.78 is 0. The monoisotopic (exact) mass is 290 g/mol. The number of benzene rings is 1. The van der Waals surface area contributed by atoms with Crippen LogP contribution in [0.3, 0.4) is 0 Å². The predicted octanol–water partition coefficient (Wildman–Crippen LogP) is 3.27. The molecule has 1 heterocycles. The molecule has 0 aliphatic carbocycles. The lowest BCUT2D eigenvalue weighted by atomic mass is 10.0. The molecule has 5 heteroatoms. The Balaban J connectivity index is 2.15. The van der Waals surface area contributed by atoms with Gasteiger partial charge in [-0.15, -0.1) is 0 Å². The van der Waals surface area contributed by atoms with Crippen LogP contribution in [0.4, 0.5) is 10.5 Å². The third kappa shape index (κ3) is 3.54. The second-order valence-electron chi connectivity index (χ2n) is 5.89. The van der Waals surface area contributed by atoms with Crippen LogP contribution in [0.25, 0.3) is 0 Å². The van der Waals surface area contributed by atoms with E-state index in [-0.39, 0.29) is 11.6 Å². The highest BCUT2D eigenvalue weighted by Gasteiger charge is 2.21. The number of urea groups is 1. The number of anilines is 1. The van der Waals surface area contributed by atoms with Crippen LogP contribution in [0.15, 0.2) is 12.1 Å². The van der Waals surface area contributed by atoms with E-state index < -0.39 is 5.97 Å². The van der Waals surface area contributed by atoms with Crippen molar-refractivity contribution in [3.63, 3.8) is 0 Å². The van der Waals surface area contributed by atoms with E-state index >= 15 is 0 Å². The van der Waals surface area contributed by atoms with Gasteiger partial charge in [0.05, 0.1) is 5.56 Å². The maximum Gasteiger partial charge on any atom is 0.336 e. The Morgan fingerprint density at radius 1 is 1.33 bits per heavy atom. The number of rotatable bonds is 2. The van der Waals surface area contributed by atoms with Crippen LogP contribution in [0.2, 0.25) is 0 Å². The first-order valence-corrected chi connectivity index (χ1v) is 7.29. The molecular formula is C16H22N2O3. The zero-order chi connectivity index (χ0) is 15.6. The van der Waals surface area contributed by atoms with Crippen LogP contribution in [-0.4, -0.2) is 35.1 Å². The molecule has 1 aromatic rings. The van der Waals surface area contributed by atoms with Crippen LogP contribution in [0.1, 0.15) is 41.3 Å². The molecule has 2 amide bonds. The second-order valence-corrected chi connectivity index (χ2v) is 5.89. The molecule has 0 saturated carbocycles. The van der Waals surface area contributed by atoms with Crippen LogP contribution < -0.4 is 5.32 Å². The summed E-state index contributed by atoms with van der Waals surface area (Å²) in [6, 6.07) is 3.18. The quantitative estimate of drug-likeness (QED) is 0.878. The number of hydrogen-bond acceptors (Lipinski definition) is 2. The Labute approximate surface area is 125 Å². The Bertz CT molecular complexity index is 569. The summed E-state index contributed by atoms with van der Waals surface area (Å²) in [5.41, 5.74) is 2.36. The highest BCUT2D eigenvalue weighted by atomic mass is 16.4. The van der Waals surface area contributed by atoms with E-state index in [1.54, 1.807) is 11.8 Å². The van der Waals surface area contributed by atoms with Gasteiger partial charge in [0.15, 0.2) is 0 Å². The van der Waals surface area contributed by atoms with Crippen molar-refractivity contribution in [2.75, 3.05) is 18.4 Å². The number of carbonyl (C=O) groups excluding carboxylic acids is 1. The molecule has 1 unspecified atom stereocenters. The van der Waals surface area contributed by atoms with Crippen LogP contribution in [-0.2, 0) is 0 Å². The van der Waals surface area contributed by atoms with Crippen LogP contribution in [0, 0.1) is 19.8 Å². The van der Waals surface area contributed by atoms with Crippen molar-refractivity contribution in [2.24, 2.45) is 5.92 Å². The third-order valence-corrected chi connectivity index (χ3v) is 4.09. The molecule has 1 aliphatic heterocycles. The molecule has 1 fully saturated rings. The van der Waals surface area contributed by atoms with Gasteiger partial charge < -0.3 is 15.3 Å². The highest BCUT2D eigenvalue weighted by molar-refractivity contribution is 5.94. The number of likely N-dealkylation sites (tertiary alicyclic amines) is 1. The fourth-order valence-corrected chi connectivity index (χ4v) is 2.73. The normalized spacial score (nSPS) is 18.4. The van der Waals surface area contributed by atoms with Crippen LogP contribution in [0.5, 0.6) is 0 Å². The zero-order valence-electron chi connectivity index (χ0n) is 12.8. The third-order valence-electron chi connectivity index (χ3n) is 4.09. The number of hydrogen-bond donors (Lipinski definition) is 2. The molecule has 0 spiro atoms. The highest BCUT2D eigenvalue weighted by Crippen LogP contribution is 2.21. The van der Waals surface area contributed by atoms with E-state index in [2.05, 4.69) is 12.2 Å². The maximum absolute atomic E-state index is 12.3. The van der Waals surface area contributed by atoms with Crippen molar-refractivity contribution < 1.29 is 14.7 Å². The van der Waals surface area contributed by atoms with Gasteiger partial charge >= 0.3 is 12.0 Å². The van der Waals surface area contributed by atoms with Crippen molar-refractivity contribution in [1.29, 1.82) is 0 Å². The number of nitrogens with one attached hydrogen (secondary N) is 1. The first-order valence-electron chi connectivity index (χ1n) is 7.29. The summed E-state index contributed by atoms with van der Waals surface area (Å²) in [7, 11) is 0. The Kier molecular flexibility index (Phi) is 4.50. The fourth-order valence-electron chi connectivity index (χ4n) is 2.73. The van der Waals surface area contributed by atoms with Crippen molar-refractivity contribution in [2.45, 2.75) is 33.6 Å². The van der Waals surface area contributed by atoms with Crippen molar-refractivity contribution in [1.82, 2.24) is 4.90 Å². The van der Waals surface area contributed by atoms with Gasteiger partial charge in [-0.1, -0.05) is 6.92 Å². The number of aromatic carboxylic acids is 1. The molecule has 0 radical (unpaired) electrons. The molecule has 2 rings (SSSR count). The largest absolute Gasteiger partial charge is 0.478 e. The lowest BCUT2D eigenvalue weighted by Gasteiger charge is -2.31. The van der Waals surface area contributed by atoms with E-state index in [0.717, 1.165) is 37.1 Å². The molecule has 5 nitrogen and oxygen atoms in total. The number of carboxylic acids is 1. The van der Waals surface area contributed by atoms with Crippen molar-refractivity contribution in [3.05, 3.63) is 28.8 Å². The summed E-state index contributed by atoms with van der Waals surface area (Å²) in [6.45, 7) is 7.27. The minimum atomic E-state index is -0.974. The average Bonchev–Trinajstić information content (AvgIpc) is 2.42. The fraction of sp³-hybridized carbons (Fsp3) is 0.500. The summed E-state index contributed by atoms with van der Waals surface area (Å²) in [5, 5.41) is 12.0. The molecule has 1 saturated heterocycles. The lowest BCUT2D eigenvalue weighted by Crippen LogP contribution is -2.41. The molecule has 114 valence electrons. The topological polar surface area (TPSA) is 69.6 Å². The van der Waals surface area contributed by atoms with Gasteiger partial charge in [0, 0.05) is 18.8 Å².